The van der Waals surface area contributed by atoms with Crippen molar-refractivity contribution in [2.24, 2.45) is 5.73 Å². The zero-order valence-corrected chi connectivity index (χ0v) is 13.5. The number of aliphatic hydroxyl groups is 1. The van der Waals surface area contributed by atoms with Crippen LogP contribution in [0.4, 0.5) is 26.2 Å². The maximum Gasteiger partial charge on any atom is 0.323 e. The molecular formula is C16H18ClFN4O2. The standard InChI is InChI=1S/C16H18ClFN4O2/c17-14-2-1-3-15(13(14)9-23)22-16(24)21-12-7-10(18)6-11(8-12)20-5-4-19/h1-3,6-8,20,23H,4-5,9,19H2,(H2,21,22,24). The summed E-state index contributed by atoms with van der Waals surface area (Å²) in [6, 6.07) is 8.37. The topological polar surface area (TPSA) is 99.4 Å². The summed E-state index contributed by atoms with van der Waals surface area (Å²) in [6.07, 6.45) is 0. The van der Waals surface area contributed by atoms with E-state index in [2.05, 4.69) is 16.0 Å². The molecule has 0 bridgehead atoms. The monoisotopic (exact) mass is 352 g/mol. The quantitative estimate of drug-likeness (QED) is 0.552. The Morgan fingerprint density at radius 3 is 2.67 bits per heavy atom. The van der Waals surface area contributed by atoms with Crippen LogP contribution in [0.1, 0.15) is 5.56 Å². The number of carbonyl (C=O) groups excluding carboxylic acids is 1. The smallest absolute Gasteiger partial charge is 0.323 e. The Bertz CT molecular complexity index is 727. The molecule has 6 nitrogen and oxygen atoms in total. The van der Waals surface area contributed by atoms with Crippen molar-refractivity contribution in [3.05, 3.63) is 52.8 Å². The molecular weight excluding hydrogens is 335 g/mol. The Morgan fingerprint density at radius 1 is 1.21 bits per heavy atom. The number of benzene rings is 2. The van der Waals surface area contributed by atoms with E-state index in [-0.39, 0.29) is 12.3 Å². The third-order valence-electron chi connectivity index (χ3n) is 3.15. The molecule has 0 atom stereocenters. The number of rotatable bonds is 6. The minimum absolute atomic E-state index is 0.277. The number of hydrogen-bond acceptors (Lipinski definition) is 4. The number of nitrogens with two attached hydrogens (primary N) is 1. The summed E-state index contributed by atoms with van der Waals surface area (Å²) in [5, 5.41) is 17.7. The Hall–Kier alpha value is -2.35. The summed E-state index contributed by atoms with van der Waals surface area (Å²) in [4.78, 5) is 12.1. The first kappa shape index (κ1) is 18.0. The molecule has 0 unspecified atom stereocenters. The van der Waals surface area contributed by atoms with Crippen molar-refractivity contribution in [2.45, 2.75) is 6.61 Å². The molecule has 6 N–H and O–H groups in total. The number of amides is 2. The minimum atomic E-state index is -0.581. The van der Waals surface area contributed by atoms with E-state index in [4.69, 9.17) is 17.3 Å². The first-order valence-electron chi connectivity index (χ1n) is 7.24. The Kier molecular flexibility index (Phi) is 6.36. The number of nitrogens with one attached hydrogen (secondary N) is 3. The van der Waals surface area contributed by atoms with Crippen LogP contribution in [0.2, 0.25) is 5.02 Å². The van der Waals surface area contributed by atoms with E-state index in [9.17, 15) is 14.3 Å². The number of anilines is 3. The van der Waals surface area contributed by atoms with Crippen molar-refractivity contribution in [1.29, 1.82) is 0 Å². The van der Waals surface area contributed by atoms with Crippen LogP contribution in [0.25, 0.3) is 0 Å². The van der Waals surface area contributed by atoms with Crippen molar-refractivity contribution < 1.29 is 14.3 Å². The van der Waals surface area contributed by atoms with Gasteiger partial charge in [0.25, 0.3) is 0 Å². The lowest BCUT2D eigenvalue weighted by Gasteiger charge is -2.13. The van der Waals surface area contributed by atoms with Gasteiger partial charge in [0, 0.05) is 40.7 Å². The fraction of sp³-hybridized carbons (Fsp3) is 0.188. The van der Waals surface area contributed by atoms with Gasteiger partial charge in [-0.15, -0.1) is 0 Å². The summed E-state index contributed by atoms with van der Waals surface area (Å²) >= 11 is 5.96. The first-order chi connectivity index (χ1) is 11.5. The Labute approximate surface area is 143 Å². The predicted octanol–water partition coefficient (Wildman–Crippen LogP) is 2.99. The number of carbonyl (C=O) groups is 1. The van der Waals surface area contributed by atoms with E-state index in [0.29, 0.717) is 35.1 Å². The molecule has 0 fully saturated rings. The Balaban J connectivity index is 2.10. The minimum Gasteiger partial charge on any atom is -0.392 e. The van der Waals surface area contributed by atoms with Gasteiger partial charge in [-0.1, -0.05) is 17.7 Å². The van der Waals surface area contributed by atoms with Crippen molar-refractivity contribution in [1.82, 2.24) is 0 Å². The highest BCUT2D eigenvalue weighted by molar-refractivity contribution is 6.31. The van der Waals surface area contributed by atoms with Gasteiger partial charge in [0.1, 0.15) is 5.82 Å². The van der Waals surface area contributed by atoms with E-state index in [1.54, 1.807) is 24.3 Å². The number of hydrogen-bond donors (Lipinski definition) is 5. The first-order valence-corrected chi connectivity index (χ1v) is 7.62. The number of halogens is 2. The number of urea groups is 1. The second kappa shape index (κ2) is 8.49. The lowest BCUT2D eigenvalue weighted by molar-refractivity contribution is 0.262. The van der Waals surface area contributed by atoms with Gasteiger partial charge in [0.05, 0.1) is 6.61 Å². The van der Waals surface area contributed by atoms with Crippen molar-refractivity contribution >= 4 is 34.7 Å². The SMILES string of the molecule is NCCNc1cc(F)cc(NC(=O)Nc2cccc(Cl)c2CO)c1. The second-order valence-electron chi connectivity index (χ2n) is 4.95. The third-order valence-corrected chi connectivity index (χ3v) is 3.51. The molecule has 0 saturated heterocycles. The average molecular weight is 353 g/mol. The molecule has 128 valence electrons. The summed E-state index contributed by atoms with van der Waals surface area (Å²) in [5.74, 6) is -0.494. The van der Waals surface area contributed by atoms with E-state index < -0.39 is 11.8 Å². The summed E-state index contributed by atoms with van der Waals surface area (Å²) in [5.41, 5.74) is 6.95. The van der Waals surface area contributed by atoms with Crippen LogP contribution in [0.15, 0.2) is 36.4 Å². The molecule has 2 amide bonds. The highest BCUT2D eigenvalue weighted by atomic mass is 35.5. The molecule has 0 saturated carbocycles. The predicted molar refractivity (Wildman–Crippen MR) is 94.0 cm³/mol. The fourth-order valence-electron chi connectivity index (χ4n) is 2.10. The molecule has 2 rings (SSSR count). The van der Waals surface area contributed by atoms with Crippen molar-refractivity contribution in [3.63, 3.8) is 0 Å². The van der Waals surface area contributed by atoms with E-state index >= 15 is 0 Å². The Morgan fingerprint density at radius 2 is 1.96 bits per heavy atom. The van der Waals surface area contributed by atoms with Gasteiger partial charge in [-0.25, -0.2) is 9.18 Å². The van der Waals surface area contributed by atoms with Crippen molar-refractivity contribution in [2.75, 3.05) is 29.0 Å². The molecule has 0 aliphatic heterocycles. The summed E-state index contributed by atoms with van der Waals surface area (Å²) in [6.45, 7) is 0.568. The molecule has 0 aliphatic rings. The normalized spacial score (nSPS) is 10.3. The molecule has 0 radical (unpaired) electrons. The van der Waals surface area contributed by atoms with Crippen molar-refractivity contribution in [3.8, 4) is 0 Å². The zero-order valence-electron chi connectivity index (χ0n) is 12.8. The molecule has 24 heavy (non-hydrogen) atoms. The van der Waals surface area contributed by atoms with E-state index in [1.165, 1.54) is 12.1 Å². The van der Waals surface area contributed by atoms with Gasteiger partial charge >= 0.3 is 6.03 Å². The van der Waals surface area contributed by atoms with Crippen LogP contribution in [0.3, 0.4) is 0 Å². The fourth-order valence-corrected chi connectivity index (χ4v) is 2.34. The van der Waals surface area contributed by atoms with Gasteiger partial charge in [0.2, 0.25) is 0 Å². The van der Waals surface area contributed by atoms with Crippen LogP contribution in [0.5, 0.6) is 0 Å². The molecule has 0 heterocycles. The maximum absolute atomic E-state index is 13.6. The van der Waals surface area contributed by atoms with Gasteiger partial charge in [-0.3, -0.25) is 0 Å². The van der Waals surface area contributed by atoms with Gasteiger partial charge in [-0.2, -0.15) is 0 Å². The second-order valence-corrected chi connectivity index (χ2v) is 5.35. The zero-order chi connectivity index (χ0) is 17.5. The maximum atomic E-state index is 13.6. The van der Waals surface area contributed by atoms with Gasteiger partial charge in [0.15, 0.2) is 0 Å². The van der Waals surface area contributed by atoms with Crippen LogP contribution in [0, 0.1) is 5.82 Å². The molecule has 0 spiro atoms. The molecule has 2 aromatic rings. The molecule has 8 heteroatoms. The molecule has 0 aromatic heterocycles. The molecule has 2 aromatic carbocycles. The lowest BCUT2D eigenvalue weighted by atomic mass is 10.2. The van der Waals surface area contributed by atoms with Crippen LogP contribution < -0.4 is 21.7 Å². The van der Waals surface area contributed by atoms with E-state index in [1.807, 2.05) is 0 Å². The number of aliphatic hydroxyl groups excluding tert-OH is 1. The van der Waals surface area contributed by atoms with E-state index in [0.717, 1.165) is 0 Å². The third kappa shape index (κ3) is 4.82. The molecule has 0 aliphatic carbocycles. The largest absolute Gasteiger partial charge is 0.392 e. The van der Waals surface area contributed by atoms with Crippen LogP contribution in [-0.2, 0) is 6.61 Å². The highest BCUT2D eigenvalue weighted by Gasteiger charge is 2.10. The average Bonchev–Trinajstić information content (AvgIpc) is 2.52. The summed E-state index contributed by atoms with van der Waals surface area (Å²) < 4.78 is 13.6. The van der Waals surface area contributed by atoms with Gasteiger partial charge in [-0.05, 0) is 30.3 Å². The summed E-state index contributed by atoms with van der Waals surface area (Å²) in [7, 11) is 0. The highest BCUT2D eigenvalue weighted by Crippen LogP contribution is 2.25. The van der Waals surface area contributed by atoms with Crippen LogP contribution >= 0.6 is 11.6 Å². The lowest BCUT2D eigenvalue weighted by Crippen LogP contribution is -2.20. The van der Waals surface area contributed by atoms with Crippen LogP contribution in [-0.4, -0.2) is 24.2 Å². The van der Waals surface area contributed by atoms with Gasteiger partial charge < -0.3 is 26.8 Å².